The molecule has 25 heavy (non-hydrogen) atoms. The average Bonchev–Trinajstić information content (AvgIpc) is 3.08. The lowest BCUT2D eigenvalue weighted by molar-refractivity contribution is 0.375. The Bertz CT molecular complexity index is 1030. The van der Waals surface area contributed by atoms with E-state index in [1.807, 2.05) is 29.6 Å². The van der Waals surface area contributed by atoms with E-state index in [1.54, 1.807) is 19.2 Å². The number of hydrogen-bond acceptors (Lipinski definition) is 5. The van der Waals surface area contributed by atoms with E-state index in [0.717, 1.165) is 21.3 Å². The second-order valence-corrected chi connectivity index (χ2v) is 6.13. The summed E-state index contributed by atoms with van der Waals surface area (Å²) in [5.41, 5.74) is 1.79. The Morgan fingerprint density at radius 1 is 0.960 bits per heavy atom. The Kier molecular flexibility index (Phi) is 4.03. The van der Waals surface area contributed by atoms with Crippen molar-refractivity contribution in [2.45, 2.75) is 0 Å². The fourth-order valence-corrected chi connectivity index (χ4v) is 3.48. The molecule has 4 aromatic rings. The molecule has 0 saturated heterocycles. The van der Waals surface area contributed by atoms with Gasteiger partial charge in [-0.2, -0.15) is 0 Å². The molecule has 0 bridgehead atoms. The highest BCUT2D eigenvalue weighted by molar-refractivity contribution is 7.17. The van der Waals surface area contributed by atoms with Gasteiger partial charge < -0.3 is 9.47 Å². The van der Waals surface area contributed by atoms with Crippen LogP contribution in [0.3, 0.4) is 0 Å². The maximum Gasteiger partial charge on any atom is 0.231 e. The monoisotopic (exact) mass is 352 g/mol. The number of rotatable bonds is 4. The fraction of sp³-hybridized carbons (Fsp3) is 0.0526. The van der Waals surface area contributed by atoms with Crippen LogP contribution in [0.25, 0.3) is 21.3 Å². The maximum absolute atomic E-state index is 13.2. The summed E-state index contributed by atoms with van der Waals surface area (Å²) in [6.07, 6.45) is 1.47. The van der Waals surface area contributed by atoms with Crippen LogP contribution in [0.2, 0.25) is 0 Å². The van der Waals surface area contributed by atoms with Crippen molar-refractivity contribution < 1.29 is 13.9 Å². The second kappa shape index (κ2) is 6.49. The van der Waals surface area contributed by atoms with Gasteiger partial charge in [0.1, 0.15) is 17.0 Å². The molecule has 6 heteroatoms. The molecule has 0 unspecified atom stereocenters. The van der Waals surface area contributed by atoms with Crippen molar-refractivity contribution in [3.63, 3.8) is 0 Å². The van der Waals surface area contributed by atoms with Crippen LogP contribution in [-0.4, -0.2) is 17.1 Å². The molecule has 0 aliphatic carbocycles. The standard InChI is InChI=1S/C19H13FN2O2S/c1-23-15-4-2-3-5-16(15)24-18-17-14(10-25-19(17)22-11-21-18)12-6-8-13(20)9-7-12/h2-11H,1H3. The van der Waals surface area contributed by atoms with Crippen molar-refractivity contribution in [2.24, 2.45) is 0 Å². The number of methoxy groups -OCH3 is 1. The van der Waals surface area contributed by atoms with Crippen LogP contribution in [0.4, 0.5) is 4.39 Å². The fourth-order valence-electron chi connectivity index (χ4n) is 2.57. The zero-order valence-corrected chi connectivity index (χ0v) is 14.1. The molecule has 0 radical (unpaired) electrons. The van der Waals surface area contributed by atoms with E-state index in [-0.39, 0.29) is 5.82 Å². The van der Waals surface area contributed by atoms with Gasteiger partial charge in [0.15, 0.2) is 11.5 Å². The quantitative estimate of drug-likeness (QED) is 0.500. The molecule has 0 amide bonds. The lowest BCUT2D eigenvalue weighted by Gasteiger charge is -2.10. The highest BCUT2D eigenvalue weighted by Gasteiger charge is 2.16. The van der Waals surface area contributed by atoms with Crippen LogP contribution in [0, 0.1) is 5.82 Å². The Morgan fingerprint density at radius 3 is 2.48 bits per heavy atom. The lowest BCUT2D eigenvalue weighted by atomic mass is 10.1. The van der Waals surface area contributed by atoms with Gasteiger partial charge in [-0.15, -0.1) is 11.3 Å². The first-order chi connectivity index (χ1) is 12.3. The Balaban J connectivity index is 1.84. The number of para-hydroxylation sites is 2. The van der Waals surface area contributed by atoms with Crippen molar-refractivity contribution in [2.75, 3.05) is 7.11 Å². The van der Waals surface area contributed by atoms with E-state index in [2.05, 4.69) is 9.97 Å². The van der Waals surface area contributed by atoms with Gasteiger partial charge in [0, 0.05) is 10.9 Å². The van der Waals surface area contributed by atoms with Gasteiger partial charge in [-0.05, 0) is 29.8 Å². The summed E-state index contributed by atoms with van der Waals surface area (Å²) in [6, 6.07) is 13.7. The summed E-state index contributed by atoms with van der Waals surface area (Å²) in [6.45, 7) is 0. The second-order valence-electron chi connectivity index (χ2n) is 5.27. The van der Waals surface area contributed by atoms with Gasteiger partial charge in [-0.3, -0.25) is 0 Å². The molecule has 2 heterocycles. The third kappa shape index (κ3) is 2.92. The minimum Gasteiger partial charge on any atom is -0.493 e. The predicted octanol–water partition coefficient (Wildman–Crippen LogP) is 5.30. The van der Waals surface area contributed by atoms with E-state index in [0.29, 0.717) is 17.4 Å². The largest absolute Gasteiger partial charge is 0.493 e. The number of aromatic nitrogens is 2. The number of thiophene rings is 1. The Hall–Kier alpha value is -2.99. The molecule has 0 N–H and O–H groups in total. The molecular weight excluding hydrogens is 339 g/mol. The van der Waals surface area contributed by atoms with Crippen molar-refractivity contribution in [3.8, 4) is 28.5 Å². The molecule has 2 aromatic heterocycles. The minimum atomic E-state index is -0.273. The van der Waals surface area contributed by atoms with Crippen LogP contribution >= 0.6 is 11.3 Å². The zero-order chi connectivity index (χ0) is 17.2. The van der Waals surface area contributed by atoms with Crippen molar-refractivity contribution in [1.82, 2.24) is 9.97 Å². The lowest BCUT2D eigenvalue weighted by Crippen LogP contribution is -1.93. The number of ether oxygens (including phenoxy) is 2. The van der Waals surface area contributed by atoms with Crippen LogP contribution in [0.1, 0.15) is 0 Å². The molecular formula is C19H13FN2O2S. The first-order valence-corrected chi connectivity index (χ1v) is 8.43. The Labute approximate surface area is 147 Å². The van der Waals surface area contributed by atoms with Crippen LogP contribution < -0.4 is 9.47 Å². The molecule has 0 fully saturated rings. The average molecular weight is 352 g/mol. The summed E-state index contributed by atoms with van der Waals surface area (Å²) in [4.78, 5) is 9.41. The molecule has 0 spiro atoms. The van der Waals surface area contributed by atoms with Crippen molar-refractivity contribution in [1.29, 1.82) is 0 Å². The SMILES string of the molecule is COc1ccccc1Oc1ncnc2scc(-c3ccc(F)cc3)c12. The van der Waals surface area contributed by atoms with E-state index < -0.39 is 0 Å². The van der Waals surface area contributed by atoms with Gasteiger partial charge in [0.2, 0.25) is 5.88 Å². The van der Waals surface area contributed by atoms with E-state index in [1.165, 1.54) is 29.8 Å². The molecule has 124 valence electrons. The number of fused-ring (bicyclic) bond motifs is 1. The smallest absolute Gasteiger partial charge is 0.231 e. The third-order valence-electron chi connectivity index (χ3n) is 3.77. The Morgan fingerprint density at radius 2 is 1.72 bits per heavy atom. The summed E-state index contributed by atoms with van der Waals surface area (Å²) in [5, 5.41) is 2.77. The van der Waals surface area contributed by atoms with E-state index in [9.17, 15) is 4.39 Å². The molecule has 0 atom stereocenters. The van der Waals surface area contributed by atoms with Gasteiger partial charge in [0.25, 0.3) is 0 Å². The van der Waals surface area contributed by atoms with Crippen molar-refractivity contribution >= 4 is 21.6 Å². The summed E-state index contributed by atoms with van der Waals surface area (Å²) in [7, 11) is 1.59. The zero-order valence-electron chi connectivity index (χ0n) is 13.3. The van der Waals surface area contributed by atoms with Gasteiger partial charge in [0.05, 0.1) is 12.5 Å². The van der Waals surface area contributed by atoms with Crippen LogP contribution in [0.5, 0.6) is 17.4 Å². The van der Waals surface area contributed by atoms with Gasteiger partial charge in [-0.25, -0.2) is 14.4 Å². The molecule has 0 aliphatic rings. The third-order valence-corrected chi connectivity index (χ3v) is 4.65. The highest BCUT2D eigenvalue weighted by Crippen LogP contribution is 2.40. The van der Waals surface area contributed by atoms with E-state index >= 15 is 0 Å². The first-order valence-electron chi connectivity index (χ1n) is 7.55. The predicted molar refractivity (Wildman–Crippen MR) is 95.9 cm³/mol. The van der Waals surface area contributed by atoms with Crippen LogP contribution in [0.15, 0.2) is 60.2 Å². The van der Waals surface area contributed by atoms with Gasteiger partial charge in [-0.1, -0.05) is 24.3 Å². The molecule has 4 nitrogen and oxygen atoms in total. The molecule has 4 rings (SSSR count). The molecule has 2 aromatic carbocycles. The summed E-state index contributed by atoms with van der Waals surface area (Å²) in [5.74, 6) is 1.36. The van der Waals surface area contributed by atoms with Crippen LogP contribution in [-0.2, 0) is 0 Å². The highest BCUT2D eigenvalue weighted by atomic mass is 32.1. The van der Waals surface area contributed by atoms with Crippen molar-refractivity contribution in [3.05, 3.63) is 66.1 Å². The van der Waals surface area contributed by atoms with Gasteiger partial charge >= 0.3 is 0 Å². The number of halogens is 1. The van der Waals surface area contributed by atoms with E-state index in [4.69, 9.17) is 9.47 Å². The number of hydrogen-bond donors (Lipinski definition) is 0. The maximum atomic E-state index is 13.2. The minimum absolute atomic E-state index is 0.273. The number of benzene rings is 2. The molecule has 0 aliphatic heterocycles. The summed E-state index contributed by atoms with van der Waals surface area (Å²) < 4.78 is 24.6. The summed E-state index contributed by atoms with van der Waals surface area (Å²) >= 11 is 1.49. The normalized spacial score (nSPS) is 10.8. The molecule has 0 saturated carbocycles. The topological polar surface area (TPSA) is 44.2 Å². The number of nitrogens with zero attached hydrogens (tertiary/aromatic N) is 2. The first kappa shape index (κ1) is 15.5.